The molecule has 1 N–H and O–H groups in total. The van der Waals surface area contributed by atoms with Gasteiger partial charge in [-0.25, -0.2) is 4.79 Å². The summed E-state index contributed by atoms with van der Waals surface area (Å²) in [6.45, 7) is 1.99. The second-order valence-electron chi connectivity index (χ2n) is 3.82. The van der Waals surface area contributed by atoms with Gasteiger partial charge in [0.05, 0.1) is 0 Å². The zero-order valence-corrected chi connectivity index (χ0v) is 12.1. The number of aryl methyl sites for hydroxylation is 1. The molecular formula is C12H13ClN4OS. The van der Waals surface area contributed by atoms with Crippen LogP contribution in [0.3, 0.4) is 0 Å². The highest BCUT2D eigenvalue weighted by Crippen LogP contribution is 2.19. The third kappa shape index (κ3) is 3.42. The van der Waals surface area contributed by atoms with Crippen LogP contribution in [0.1, 0.15) is 11.9 Å². The molecule has 0 aliphatic carbocycles. The fraction of sp³-hybridized carbons (Fsp3) is 0.250. The summed E-state index contributed by atoms with van der Waals surface area (Å²) in [5, 5.41) is 12.6. The average molecular weight is 297 g/mol. The van der Waals surface area contributed by atoms with E-state index in [1.807, 2.05) is 6.92 Å². The lowest BCUT2D eigenvalue weighted by Crippen LogP contribution is -2.31. The first kappa shape index (κ1) is 13.8. The molecule has 2 aromatic rings. The minimum Gasteiger partial charge on any atom is -0.297 e. The van der Waals surface area contributed by atoms with Crippen LogP contribution in [-0.4, -0.2) is 23.3 Å². The Balaban J connectivity index is 2.04. The van der Waals surface area contributed by atoms with E-state index in [0.29, 0.717) is 10.2 Å². The van der Waals surface area contributed by atoms with Crippen molar-refractivity contribution in [1.29, 1.82) is 0 Å². The quantitative estimate of drug-likeness (QED) is 0.944. The number of urea groups is 1. The van der Waals surface area contributed by atoms with Crippen molar-refractivity contribution in [3.8, 4) is 0 Å². The minimum atomic E-state index is -0.263. The summed E-state index contributed by atoms with van der Waals surface area (Å²) in [7, 11) is 1.68. The second-order valence-corrected chi connectivity index (χ2v) is 5.32. The van der Waals surface area contributed by atoms with Crippen molar-refractivity contribution in [2.45, 2.75) is 13.3 Å². The third-order valence-corrected chi connectivity index (χ3v) is 3.74. The molecule has 0 spiro atoms. The molecule has 1 aromatic carbocycles. The first-order valence-corrected chi connectivity index (χ1v) is 6.92. The number of halogens is 1. The Kier molecular flexibility index (Phi) is 4.34. The fourth-order valence-corrected chi connectivity index (χ4v) is 2.20. The van der Waals surface area contributed by atoms with Crippen LogP contribution in [0, 0.1) is 0 Å². The van der Waals surface area contributed by atoms with Gasteiger partial charge in [-0.2, -0.15) is 0 Å². The Morgan fingerprint density at radius 2 is 2.05 bits per heavy atom. The number of carbonyl (C=O) groups excluding carboxylic acids is 1. The number of rotatable bonds is 3. The minimum absolute atomic E-state index is 0.263. The van der Waals surface area contributed by atoms with Gasteiger partial charge in [-0.15, -0.1) is 10.2 Å². The van der Waals surface area contributed by atoms with Crippen molar-refractivity contribution in [2.24, 2.45) is 0 Å². The maximum atomic E-state index is 12.0. The van der Waals surface area contributed by atoms with E-state index in [9.17, 15) is 4.79 Å². The van der Waals surface area contributed by atoms with Gasteiger partial charge in [0.15, 0.2) is 0 Å². The molecule has 7 heteroatoms. The molecule has 0 atom stereocenters. The lowest BCUT2D eigenvalue weighted by Gasteiger charge is -2.16. The van der Waals surface area contributed by atoms with Crippen LogP contribution in [0.2, 0.25) is 5.02 Å². The monoisotopic (exact) mass is 296 g/mol. The van der Waals surface area contributed by atoms with E-state index in [2.05, 4.69) is 15.5 Å². The zero-order chi connectivity index (χ0) is 13.8. The van der Waals surface area contributed by atoms with Gasteiger partial charge in [-0.1, -0.05) is 29.9 Å². The molecule has 0 saturated heterocycles. The number of nitrogens with one attached hydrogen (secondary N) is 1. The van der Waals surface area contributed by atoms with E-state index in [0.717, 1.165) is 17.1 Å². The number of hydrogen-bond donors (Lipinski definition) is 1. The highest BCUT2D eigenvalue weighted by atomic mass is 35.5. The Morgan fingerprint density at radius 3 is 2.63 bits per heavy atom. The first-order chi connectivity index (χ1) is 9.10. The summed E-state index contributed by atoms with van der Waals surface area (Å²) >= 11 is 7.18. The number of anilines is 2. The Labute approximate surface area is 120 Å². The van der Waals surface area contributed by atoms with E-state index in [1.54, 1.807) is 31.3 Å². The highest BCUT2D eigenvalue weighted by Gasteiger charge is 2.13. The molecule has 0 aliphatic rings. The molecule has 1 heterocycles. The molecule has 100 valence electrons. The van der Waals surface area contributed by atoms with Gasteiger partial charge in [0.25, 0.3) is 0 Å². The van der Waals surface area contributed by atoms with Crippen molar-refractivity contribution in [1.82, 2.24) is 10.2 Å². The summed E-state index contributed by atoms with van der Waals surface area (Å²) < 4.78 is 0. The summed E-state index contributed by atoms with van der Waals surface area (Å²) in [4.78, 5) is 13.5. The summed E-state index contributed by atoms with van der Waals surface area (Å²) in [6.07, 6.45) is 0.806. The van der Waals surface area contributed by atoms with Crippen LogP contribution in [-0.2, 0) is 6.42 Å². The molecule has 0 aliphatic heterocycles. The standard InChI is InChI=1S/C12H13ClN4OS/c1-3-10-15-16-11(19-10)14-12(18)17(2)9-6-4-8(13)5-7-9/h4-7H,3H2,1-2H3,(H,14,16,18). The summed E-state index contributed by atoms with van der Waals surface area (Å²) in [6, 6.07) is 6.77. The van der Waals surface area contributed by atoms with Gasteiger partial charge in [0.2, 0.25) is 5.13 Å². The molecule has 1 aromatic heterocycles. The van der Waals surface area contributed by atoms with Gasteiger partial charge in [0, 0.05) is 17.8 Å². The van der Waals surface area contributed by atoms with Crippen LogP contribution in [0.25, 0.3) is 0 Å². The van der Waals surface area contributed by atoms with Crippen molar-refractivity contribution >= 4 is 39.8 Å². The summed E-state index contributed by atoms with van der Waals surface area (Å²) in [5.41, 5.74) is 0.752. The predicted octanol–water partition coefficient (Wildman–Crippen LogP) is 3.42. The number of nitrogens with zero attached hydrogens (tertiary/aromatic N) is 3. The van der Waals surface area contributed by atoms with E-state index >= 15 is 0 Å². The van der Waals surface area contributed by atoms with Gasteiger partial charge in [-0.05, 0) is 30.7 Å². The molecule has 19 heavy (non-hydrogen) atoms. The van der Waals surface area contributed by atoms with Crippen LogP contribution in [0.15, 0.2) is 24.3 Å². The van der Waals surface area contributed by atoms with Crippen LogP contribution < -0.4 is 10.2 Å². The molecule has 0 saturated carbocycles. The number of benzene rings is 1. The predicted molar refractivity (Wildman–Crippen MR) is 78.2 cm³/mol. The normalized spacial score (nSPS) is 10.3. The number of aromatic nitrogens is 2. The largest absolute Gasteiger partial charge is 0.327 e. The van der Waals surface area contributed by atoms with Gasteiger partial charge >= 0.3 is 6.03 Å². The lowest BCUT2D eigenvalue weighted by atomic mass is 10.3. The Morgan fingerprint density at radius 1 is 1.37 bits per heavy atom. The summed E-state index contributed by atoms with van der Waals surface area (Å²) in [5.74, 6) is 0. The van der Waals surface area contributed by atoms with Gasteiger partial charge in [0.1, 0.15) is 5.01 Å². The van der Waals surface area contributed by atoms with Crippen LogP contribution in [0.5, 0.6) is 0 Å². The highest BCUT2D eigenvalue weighted by molar-refractivity contribution is 7.15. The first-order valence-electron chi connectivity index (χ1n) is 5.73. The van der Waals surface area contributed by atoms with Crippen molar-refractivity contribution < 1.29 is 4.79 Å². The fourth-order valence-electron chi connectivity index (χ4n) is 1.40. The Hall–Kier alpha value is -1.66. The maximum Gasteiger partial charge on any atom is 0.327 e. The molecule has 2 amide bonds. The van der Waals surface area contributed by atoms with Crippen molar-refractivity contribution in [3.05, 3.63) is 34.3 Å². The molecule has 0 unspecified atom stereocenters. The number of amides is 2. The maximum absolute atomic E-state index is 12.0. The molecular weight excluding hydrogens is 284 g/mol. The van der Waals surface area contributed by atoms with E-state index < -0.39 is 0 Å². The number of carbonyl (C=O) groups is 1. The topological polar surface area (TPSA) is 58.1 Å². The Bertz CT molecular complexity index is 569. The van der Waals surface area contributed by atoms with Crippen LogP contribution >= 0.6 is 22.9 Å². The number of hydrogen-bond acceptors (Lipinski definition) is 4. The van der Waals surface area contributed by atoms with Crippen molar-refractivity contribution in [3.63, 3.8) is 0 Å². The van der Waals surface area contributed by atoms with Crippen molar-refractivity contribution in [2.75, 3.05) is 17.3 Å². The second kappa shape index (κ2) is 5.99. The van der Waals surface area contributed by atoms with Gasteiger partial charge < -0.3 is 0 Å². The molecule has 0 fully saturated rings. The molecule has 5 nitrogen and oxygen atoms in total. The van der Waals surface area contributed by atoms with E-state index in [4.69, 9.17) is 11.6 Å². The SMILES string of the molecule is CCc1nnc(NC(=O)N(C)c2ccc(Cl)cc2)s1. The third-order valence-electron chi connectivity index (χ3n) is 2.50. The molecule has 0 bridgehead atoms. The molecule has 0 radical (unpaired) electrons. The van der Waals surface area contributed by atoms with E-state index in [1.165, 1.54) is 16.2 Å². The van der Waals surface area contributed by atoms with Gasteiger partial charge in [-0.3, -0.25) is 10.2 Å². The van der Waals surface area contributed by atoms with Crippen LogP contribution in [0.4, 0.5) is 15.6 Å². The molecule has 2 rings (SSSR count). The lowest BCUT2D eigenvalue weighted by molar-refractivity contribution is 0.258. The zero-order valence-electron chi connectivity index (χ0n) is 10.6. The smallest absolute Gasteiger partial charge is 0.297 e. The van der Waals surface area contributed by atoms with E-state index in [-0.39, 0.29) is 6.03 Å². The average Bonchev–Trinajstić information content (AvgIpc) is 2.86.